The maximum atomic E-state index is 12.4. The van der Waals surface area contributed by atoms with E-state index in [-0.39, 0.29) is 12.3 Å². The number of benzene rings is 1. The second kappa shape index (κ2) is 7.26. The predicted octanol–water partition coefficient (Wildman–Crippen LogP) is 2.96. The molecule has 2 heterocycles. The molecule has 134 valence electrons. The lowest BCUT2D eigenvalue weighted by Gasteiger charge is -2.03. The molecular weight excluding hydrogens is 334 g/mol. The number of hydrogen-bond donors (Lipinski definition) is 1. The molecule has 7 nitrogen and oxygen atoms in total. The number of carbonyl (C=O) groups is 2. The molecule has 0 unspecified atom stereocenters. The number of H-pyrrole nitrogens is 1. The standard InChI is InChI=1S/C19H19N3O4/c1-12-16(18(23)25-3)13(2)20-17(12)19(24)26-11-14-9-10-22(21-14)15-7-5-4-6-8-15/h4-10,20H,11H2,1-3H3. The van der Waals surface area contributed by atoms with Crippen molar-refractivity contribution in [3.05, 3.63) is 70.8 Å². The van der Waals surface area contributed by atoms with Crippen molar-refractivity contribution in [1.82, 2.24) is 14.8 Å². The molecule has 3 rings (SSSR count). The lowest BCUT2D eigenvalue weighted by Crippen LogP contribution is -2.09. The van der Waals surface area contributed by atoms with E-state index in [1.165, 1.54) is 7.11 Å². The fourth-order valence-corrected chi connectivity index (χ4v) is 2.74. The number of ether oxygens (including phenoxy) is 2. The zero-order valence-electron chi connectivity index (χ0n) is 14.8. The summed E-state index contributed by atoms with van der Waals surface area (Å²) >= 11 is 0. The molecule has 0 atom stereocenters. The minimum absolute atomic E-state index is 0.0315. The molecule has 3 aromatic rings. The van der Waals surface area contributed by atoms with Crippen molar-refractivity contribution in [2.75, 3.05) is 7.11 Å². The third-order valence-corrected chi connectivity index (χ3v) is 4.05. The van der Waals surface area contributed by atoms with E-state index >= 15 is 0 Å². The third kappa shape index (κ3) is 3.37. The third-order valence-electron chi connectivity index (χ3n) is 4.05. The maximum Gasteiger partial charge on any atom is 0.355 e. The van der Waals surface area contributed by atoms with Gasteiger partial charge in [-0.1, -0.05) is 18.2 Å². The molecule has 0 spiro atoms. The van der Waals surface area contributed by atoms with Gasteiger partial charge in [0.1, 0.15) is 18.0 Å². The summed E-state index contributed by atoms with van der Waals surface area (Å²) in [7, 11) is 1.30. The van der Waals surface area contributed by atoms with Crippen LogP contribution in [-0.4, -0.2) is 33.8 Å². The van der Waals surface area contributed by atoms with Crippen molar-refractivity contribution in [2.24, 2.45) is 0 Å². The van der Waals surface area contributed by atoms with Crippen LogP contribution in [0.3, 0.4) is 0 Å². The van der Waals surface area contributed by atoms with Gasteiger partial charge < -0.3 is 14.5 Å². The number of nitrogens with zero attached hydrogens (tertiary/aromatic N) is 2. The van der Waals surface area contributed by atoms with Gasteiger partial charge in [0.25, 0.3) is 0 Å². The fourth-order valence-electron chi connectivity index (χ4n) is 2.74. The van der Waals surface area contributed by atoms with Crippen LogP contribution in [0.15, 0.2) is 42.6 Å². The molecule has 0 aliphatic carbocycles. The van der Waals surface area contributed by atoms with Crippen LogP contribution in [0, 0.1) is 13.8 Å². The number of aromatic amines is 1. The molecule has 2 aromatic heterocycles. The summed E-state index contributed by atoms with van der Waals surface area (Å²) in [5.41, 5.74) is 3.21. The number of nitrogens with one attached hydrogen (secondary N) is 1. The molecule has 26 heavy (non-hydrogen) atoms. The first kappa shape index (κ1) is 17.5. The van der Waals surface area contributed by atoms with Crippen LogP contribution >= 0.6 is 0 Å². The van der Waals surface area contributed by atoms with Crippen LogP contribution in [0.25, 0.3) is 5.69 Å². The quantitative estimate of drug-likeness (QED) is 0.713. The van der Waals surface area contributed by atoms with Crippen molar-refractivity contribution in [3.8, 4) is 5.69 Å². The Morgan fingerprint density at radius 3 is 2.54 bits per heavy atom. The van der Waals surface area contributed by atoms with E-state index in [1.807, 2.05) is 30.3 Å². The van der Waals surface area contributed by atoms with Crippen molar-refractivity contribution < 1.29 is 19.1 Å². The lowest BCUT2D eigenvalue weighted by molar-refractivity contribution is 0.0460. The second-order valence-electron chi connectivity index (χ2n) is 5.78. The van der Waals surface area contributed by atoms with E-state index in [4.69, 9.17) is 9.47 Å². The number of rotatable bonds is 5. The Morgan fingerprint density at radius 2 is 1.85 bits per heavy atom. The van der Waals surface area contributed by atoms with Gasteiger partial charge >= 0.3 is 11.9 Å². The summed E-state index contributed by atoms with van der Waals surface area (Å²) in [4.78, 5) is 27.0. The van der Waals surface area contributed by atoms with Crippen LogP contribution in [0.4, 0.5) is 0 Å². The van der Waals surface area contributed by atoms with E-state index in [1.54, 1.807) is 30.8 Å². The summed E-state index contributed by atoms with van der Waals surface area (Å²) in [6.45, 7) is 3.41. The van der Waals surface area contributed by atoms with Gasteiger partial charge in [0.15, 0.2) is 0 Å². The topological polar surface area (TPSA) is 86.2 Å². The molecule has 0 bridgehead atoms. The zero-order valence-corrected chi connectivity index (χ0v) is 14.8. The lowest BCUT2D eigenvalue weighted by atomic mass is 10.1. The Labute approximate surface area is 150 Å². The molecule has 0 saturated carbocycles. The molecule has 0 fully saturated rings. The average molecular weight is 353 g/mol. The Kier molecular flexibility index (Phi) is 4.88. The van der Waals surface area contributed by atoms with E-state index < -0.39 is 11.9 Å². The van der Waals surface area contributed by atoms with E-state index in [9.17, 15) is 9.59 Å². The predicted molar refractivity (Wildman–Crippen MR) is 94.3 cm³/mol. The first-order valence-electron chi connectivity index (χ1n) is 8.06. The molecule has 1 N–H and O–H groups in total. The van der Waals surface area contributed by atoms with Crippen LogP contribution in [-0.2, 0) is 16.1 Å². The van der Waals surface area contributed by atoms with Gasteiger partial charge in [-0.2, -0.15) is 5.10 Å². The minimum atomic E-state index is -0.546. The number of esters is 2. The number of carbonyl (C=O) groups excluding carboxylic acids is 2. The highest BCUT2D eigenvalue weighted by atomic mass is 16.5. The van der Waals surface area contributed by atoms with Gasteiger partial charge in [-0.3, -0.25) is 0 Å². The largest absolute Gasteiger partial charge is 0.465 e. The minimum Gasteiger partial charge on any atom is -0.465 e. The Hall–Kier alpha value is -3.35. The number of methoxy groups -OCH3 is 1. The summed E-state index contributed by atoms with van der Waals surface area (Å²) < 4.78 is 11.8. The Balaban J connectivity index is 1.70. The number of aromatic nitrogens is 3. The van der Waals surface area contributed by atoms with Crippen molar-refractivity contribution in [3.63, 3.8) is 0 Å². The van der Waals surface area contributed by atoms with E-state index in [0.29, 0.717) is 22.5 Å². The van der Waals surface area contributed by atoms with Crippen molar-refractivity contribution in [1.29, 1.82) is 0 Å². The molecule has 0 saturated heterocycles. The summed E-state index contributed by atoms with van der Waals surface area (Å²) in [6, 6.07) is 11.4. The van der Waals surface area contributed by atoms with Gasteiger partial charge in [0.2, 0.25) is 0 Å². The zero-order chi connectivity index (χ0) is 18.7. The van der Waals surface area contributed by atoms with Crippen LogP contribution in [0.2, 0.25) is 0 Å². The fraction of sp³-hybridized carbons (Fsp3) is 0.211. The highest BCUT2D eigenvalue weighted by Crippen LogP contribution is 2.20. The van der Waals surface area contributed by atoms with Crippen molar-refractivity contribution in [2.45, 2.75) is 20.5 Å². The van der Waals surface area contributed by atoms with E-state index in [2.05, 4.69) is 10.1 Å². The molecule has 1 aromatic carbocycles. The molecule has 0 amide bonds. The first-order chi connectivity index (χ1) is 12.5. The smallest absolute Gasteiger partial charge is 0.355 e. The molecule has 0 aliphatic rings. The molecule has 0 aliphatic heterocycles. The molecule has 7 heteroatoms. The van der Waals surface area contributed by atoms with Gasteiger partial charge in [-0.25, -0.2) is 14.3 Å². The number of hydrogen-bond acceptors (Lipinski definition) is 5. The van der Waals surface area contributed by atoms with Crippen LogP contribution < -0.4 is 0 Å². The van der Waals surface area contributed by atoms with Crippen molar-refractivity contribution >= 4 is 11.9 Å². The summed E-state index contributed by atoms with van der Waals surface area (Å²) in [6.07, 6.45) is 1.80. The SMILES string of the molecule is COC(=O)c1c(C)[nH]c(C(=O)OCc2ccn(-c3ccccc3)n2)c1C. The van der Waals surface area contributed by atoms with Gasteiger partial charge in [0.05, 0.1) is 18.4 Å². The Bertz CT molecular complexity index is 941. The first-order valence-corrected chi connectivity index (χ1v) is 8.06. The second-order valence-corrected chi connectivity index (χ2v) is 5.78. The molecular formula is C19H19N3O4. The number of aryl methyl sites for hydroxylation is 1. The monoisotopic (exact) mass is 353 g/mol. The Morgan fingerprint density at radius 1 is 1.12 bits per heavy atom. The summed E-state index contributed by atoms with van der Waals surface area (Å²) in [5.74, 6) is -1.04. The van der Waals surface area contributed by atoms with Gasteiger partial charge in [-0.05, 0) is 37.6 Å². The average Bonchev–Trinajstić information content (AvgIpc) is 3.24. The van der Waals surface area contributed by atoms with E-state index in [0.717, 1.165) is 5.69 Å². The highest BCUT2D eigenvalue weighted by Gasteiger charge is 2.23. The molecule has 0 radical (unpaired) electrons. The van der Waals surface area contributed by atoms with Gasteiger partial charge in [0, 0.05) is 11.9 Å². The normalized spacial score (nSPS) is 10.6. The van der Waals surface area contributed by atoms with Gasteiger partial charge in [-0.15, -0.1) is 0 Å². The highest BCUT2D eigenvalue weighted by molar-refractivity contribution is 5.98. The summed E-state index contributed by atoms with van der Waals surface area (Å²) in [5, 5.41) is 4.39. The van der Waals surface area contributed by atoms with Crippen LogP contribution in [0.5, 0.6) is 0 Å². The number of para-hydroxylation sites is 1. The maximum absolute atomic E-state index is 12.4. The van der Waals surface area contributed by atoms with Crippen LogP contribution in [0.1, 0.15) is 37.8 Å².